The van der Waals surface area contributed by atoms with E-state index in [9.17, 15) is 4.79 Å². The summed E-state index contributed by atoms with van der Waals surface area (Å²) in [5, 5.41) is 1.92. The second-order valence-corrected chi connectivity index (χ2v) is 4.05. The summed E-state index contributed by atoms with van der Waals surface area (Å²) in [5.74, 6) is -0.0250. The van der Waals surface area contributed by atoms with Crippen LogP contribution in [-0.4, -0.2) is 29.8 Å². The molecule has 2 rings (SSSR count). The summed E-state index contributed by atoms with van der Waals surface area (Å²) in [6.07, 6.45) is 6.68. The van der Waals surface area contributed by atoms with Gasteiger partial charge in [-0.2, -0.15) is 0 Å². The summed E-state index contributed by atoms with van der Waals surface area (Å²) in [4.78, 5) is 17.9. The van der Waals surface area contributed by atoms with E-state index in [1.807, 2.05) is 43.3 Å². The van der Waals surface area contributed by atoms with Crippen molar-refractivity contribution in [2.75, 3.05) is 14.1 Å². The van der Waals surface area contributed by atoms with Gasteiger partial charge in [0.25, 0.3) is 0 Å². The molecule has 2 aromatic rings. The highest BCUT2D eigenvalue weighted by Gasteiger charge is 2.06. The van der Waals surface area contributed by atoms with Gasteiger partial charge in [-0.05, 0) is 5.39 Å². The summed E-state index contributed by atoms with van der Waals surface area (Å²) in [6, 6.07) is 7.76. The molecule has 0 fully saturated rings. The minimum Gasteiger partial charge on any atom is -0.383 e. The Labute approximate surface area is 100 Å². The van der Waals surface area contributed by atoms with Crippen molar-refractivity contribution < 1.29 is 4.79 Å². The van der Waals surface area contributed by atoms with Crippen LogP contribution in [0.5, 0.6) is 0 Å². The number of carbonyl (C=O) groups is 1. The minimum absolute atomic E-state index is 0.0250. The van der Waals surface area contributed by atoms with Gasteiger partial charge in [-0.25, -0.2) is 0 Å². The van der Waals surface area contributed by atoms with Crippen LogP contribution in [0.4, 0.5) is 0 Å². The summed E-state index contributed by atoms with van der Waals surface area (Å²) in [7, 11) is 3.76. The molecular formula is C14H14N2O. The zero-order chi connectivity index (χ0) is 12.3. The van der Waals surface area contributed by atoms with Gasteiger partial charge in [0.05, 0.1) is 0 Å². The van der Waals surface area contributed by atoms with E-state index < -0.39 is 0 Å². The van der Waals surface area contributed by atoms with Crippen molar-refractivity contribution in [3.63, 3.8) is 0 Å². The normalized spacial score (nSPS) is 10.9. The molecule has 0 saturated carbocycles. The van der Waals surface area contributed by atoms with E-state index >= 15 is 0 Å². The number of rotatable bonds is 3. The van der Waals surface area contributed by atoms with E-state index in [-0.39, 0.29) is 5.78 Å². The van der Waals surface area contributed by atoms with E-state index in [4.69, 9.17) is 0 Å². The van der Waals surface area contributed by atoms with Crippen LogP contribution in [-0.2, 0) is 0 Å². The third-order valence-corrected chi connectivity index (χ3v) is 2.46. The molecule has 3 heteroatoms. The molecule has 0 radical (unpaired) electrons. The molecule has 0 unspecified atom stereocenters. The lowest BCUT2D eigenvalue weighted by Crippen LogP contribution is -2.03. The third-order valence-electron chi connectivity index (χ3n) is 2.46. The maximum absolute atomic E-state index is 12.0. The lowest BCUT2D eigenvalue weighted by Gasteiger charge is -2.04. The second kappa shape index (κ2) is 4.78. The average Bonchev–Trinajstić information content (AvgIpc) is 2.35. The third kappa shape index (κ3) is 2.50. The fraction of sp³-hybridized carbons (Fsp3) is 0.143. The van der Waals surface area contributed by atoms with Gasteiger partial charge in [-0.3, -0.25) is 9.78 Å². The van der Waals surface area contributed by atoms with Crippen molar-refractivity contribution in [3.05, 3.63) is 54.5 Å². The van der Waals surface area contributed by atoms with Crippen molar-refractivity contribution in [1.29, 1.82) is 0 Å². The molecule has 0 aliphatic rings. The van der Waals surface area contributed by atoms with Gasteiger partial charge in [-0.1, -0.05) is 24.3 Å². The zero-order valence-electron chi connectivity index (χ0n) is 9.92. The second-order valence-electron chi connectivity index (χ2n) is 4.05. The van der Waals surface area contributed by atoms with E-state index in [2.05, 4.69) is 4.98 Å². The Morgan fingerprint density at radius 3 is 2.76 bits per heavy atom. The fourth-order valence-electron chi connectivity index (χ4n) is 1.62. The van der Waals surface area contributed by atoms with Crippen molar-refractivity contribution in [2.45, 2.75) is 0 Å². The first-order chi connectivity index (χ1) is 8.18. The van der Waals surface area contributed by atoms with Gasteiger partial charge in [0.2, 0.25) is 0 Å². The molecule has 1 aromatic heterocycles. The van der Waals surface area contributed by atoms with Crippen LogP contribution in [0.1, 0.15) is 10.4 Å². The number of aromatic nitrogens is 1. The van der Waals surface area contributed by atoms with Gasteiger partial charge in [0, 0.05) is 49.7 Å². The average molecular weight is 226 g/mol. The van der Waals surface area contributed by atoms with Crippen LogP contribution < -0.4 is 0 Å². The van der Waals surface area contributed by atoms with Crippen molar-refractivity contribution >= 4 is 16.6 Å². The largest absolute Gasteiger partial charge is 0.383 e. The fourth-order valence-corrected chi connectivity index (χ4v) is 1.62. The van der Waals surface area contributed by atoms with Crippen LogP contribution in [0.25, 0.3) is 10.8 Å². The van der Waals surface area contributed by atoms with Gasteiger partial charge in [0.1, 0.15) is 0 Å². The highest BCUT2D eigenvalue weighted by molar-refractivity contribution is 6.12. The first-order valence-electron chi connectivity index (χ1n) is 5.40. The number of benzene rings is 1. The Kier molecular flexibility index (Phi) is 3.19. The maximum atomic E-state index is 12.0. The number of ketones is 1. The molecule has 0 atom stereocenters. The summed E-state index contributed by atoms with van der Waals surface area (Å²) in [6.45, 7) is 0. The minimum atomic E-state index is -0.0250. The van der Waals surface area contributed by atoms with Gasteiger partial charge in [0.15, 0.2) is 5.78 Å². The number of pyridine rings is 1. The predicted octanol–water partition coefficient (Wildman–Crippen LogP) is 2.49. The summed E-state index contributed by atoms with van der Waals surface area (Å²) < 4.78 is 0. The van der Waals surface area contributed by atoms with E-state index in [1.165, 1.54) is 0 Å². The van der Waals surface area contributed by atoms with Crippen LogP contribution in [0, 0.1) is 0 Å². The first-order valence-corrected chi connectivity index (χ1v) is 5.40. The topological polar surface area (TPSA) is 33.2 Å². The number of carbonyl (C=O) groups excluding carboxylic acids is 1. The smallest absolute Gasteiger partial charge is 0.189 e. The van der Waals surface area contributed by atoms with Crippen LogP contribution >= 0.6 is 0 Å². The predicted molar refractivity (Wildman–Crippen MR) is 68.9 cm³/mol. The molecule has 86 valence electrons. The molecule has 0 spiro atoms. The van der Waals surface area contributed by atoms with Crippen LogP contribution in [0.15, 0.2) is 48.9 Å². The molecule has 0 aliphatic heterocycles. The number of hydrogen-bond acceptors (Lipinski definition) is 3. The molecule has 0 aliphatic carbocycles. The van der Waals surface area contributed by atoms with Gasteiger partial charge in [-0.15, -0.1) is 0 Å². The molecule has 1 heterocycles. The van der Waals surface area contributed by atoms with Crippen LogP contribution in [0.2, 0.25) is 0 Å². The SMILES string of the molecule is CN(C)C=CC(=O)c1cncc2ccccc12. The molecule has 0 saturated heterocycles. The number of nitrogens with zero attached hydrogens (tertiary/aromatic N) is 2. The molecule has 3 nitrogen and oxygen atoms in total. The Morgan fingerprint density at radius 1 is 1.24 bits per heavy atom. The van der Waals surface area contributed by atoms with E-state index in [0.29, 0.717) is 5.56 Å². The maximum Gasteiger partial charge on any atom is 0.189 e. The van der Waals surface area contributed by atoms with Crippen LogP contribution in [0.3, 0.4) is 0 Å². The molecular weight excluding hydrogens is 212 g/mol. The highest BCUT2D eigenvalue weighted by Crippen LogP contribution is 2.17. The first kappa shape index (κ1) is 11.3. The number of fused-ring (bicyclic) bond motifs is 1. The van der Waals surface area contributed by atoms with E-state index in [0.717, 1.165) is 10.8 Å². The highest BCUT2D eigenvalue weighted by atomic mass is 16.1. The Hall–Kier alpha value is -2.16. The molecule has 0 bridgehead atoms. The van der Waals surface area contributed by atoms with Crippen molar-refractivity contribution in [3.8, 4) is 0 Å². The Bertz CT molecular complexity index is 568. The van der Waals surface area contributed by atoms with Gasteiger partial charge < -0.3 is 4.90 Å². The molecule has 0 N–H and O–H groups in total. The summed E-state index contributed by atoms with van der Waals surface area (Å²) in [5.41, 5.74) is 0.640. The Balaban J connectivity index is 2.45. The monoisotopic (exact) mass is 226 g/mol. The lowest BCUT2D eigenvalue weighted by atomic mass is 10.0. The van der Waals surface area contributed by atoms with Gasteiger partial charge >= 0.3 is 0 Å². The van der Waals surface area contributed by atoms with E-state index in [1.54, 1.807) is 24.7 Å². The quantitative estimate of drug-likeness (QED) is 0.595. The zero-order valence-corrected chi connectivity index (χ0v) is 9.92. The van der Waals surface area contributed by atoms with Crippen molar-refractivity contribution in [2.24, 2.45) is 0 Å². The number of hydrogen-bond donors (Lipinski definition) is 0. The molecule has 0 amide bonds. The summed E-state index contributed by atoms with van der Waals surface area (Å²) >= 11 is 0. The molecule has 17 heavy (non-hydrogen) atoms. The number of allylic oxidation sites excluding steroid dienone is 1. The Morgan fingerprint density at radius 2 is 2.00 bits per heavy atom. The van der Waals surface area contributed by atoms with Crippen molar-refractivity contribution in [1.82, 2.24) is 9.88 Å². The lowest BCUT2D eigenvalue weighted by molar-refractivity contribution is 0.104. The standard InChI is InChI=1S/C14H14N2O/c1-16(2)8-7-14(17)13-10-15-9-11-5-3-4-6-12(11)13/h3-10H,1-2H3. The molecule has 1 aromatic carbocycles.